The van der Waals surface area contributed by atoms with Crippen LogP contribution in [0.2, 0.25) is 0 Å². The summed E-state index contributed by atoms with van der Waals surface area (Å²) in [6, 6.07) is 36.3. The van der Waals surface area contributed by atoms with E-state index >= 15 is 0 Å². The van der Waals surface area contributed by atoms with Gasteiger partial charge in [0.1, 0.15) is 0 Å². The molecule has 0 fully saturated rings. The maximum Gasteiger partial charge on any atom is 0.207 e. The normalized spacial score (nSPS) is 18.0. The zero-order chi connectivity index (χ0) is 47.3. The van der Waals surface area contributed by atoms with Crippen molar-refractivity contribution in [1.29, 1.82) is 0 Å². The van der Waals surface area contributed by atoms with Gasteiger partial charge in [0.25, 0.3) is 0 Å². The molecule has 9 aromatic rings. The molecule has 1 unspecified atom stereocenters. The zero-order valence-electron chi connectivity index (χ0n) is 40.2. The molecule has 1 atom stereocenters. The van der Waals surface area contributed by atoms with Crippen molar-refractivity contribution in [2.24, 2.45) is 0 Å². The van der Waals surface area contributed by atoms with Gasteiger partial charge in [0.15, 0.2) is 17.5 Å². The van der Waals surface area contributed by atoms with Gasteiger partial charge in [-0.05, 0) is 92.9 Å². The number of rotatable bonds is 3. The third-order valence-electron chi connectivity index (χ3n) is 11.8. The maximum atomic E-state index is 14.6. The van der Waals surface area contributed by atoms with E-state index in [9.17, 15) is 8.42 Å². The van der Waals surface area contributed by atoms with Crippen molar-refractivity contribution in [3.63, 3.8) is 0 Å². The molecule has 278 valence electrons. The van der Waals surface area contributed by atoms with E-state index in [1.165, 1.54) is 6.92 Å². The molecule has 0 radical (unpaired) electrons. The number of aromatic nitrogens is 3. The first-order chi connectivity index (χ1) is 32.7. The van der Waals surface area contributed by atoms with Gasteiger partial charge < -0.3 is 0 Å². The molecule has 1 aromatic heterocycles. The summed E-state index contributed by atoms with van der Waals surface area (Å²) in [6.07, 6.45) is 0. The minimum absolute atomic E-state index is 0.0306. The topological polar surface area (TPSA) is 72.8 Å². The number of sulfone groups is 1. The van der Waals surface area contributed by atoms with Crippen LogP contribution in [0.25, 0.3) is 78.7 Å². The molecule has 1 aliphatic heterocycles. The minimum atomic E-state index is -3.94. The summed E-state index contributed by atoms with van der Waals surface area (Å²) in [5, 5.41) is 0. The lowest BCUT2D eigenvalue weighted by Gasteiger charge is -2.35. The van der Waals surface area contributed by atoms with Crippen molar-refractivity contribution in [2.75, 3.05) is 0 Å². The Kier molecular flexibility index (Phi) is 5.42. The Morgan fingerprint density at radius 2 is 0.983 bits per heavy atom. The molecule has 1 spiro atoms. The van der Waals surface area contributed by atoms with Gasteiger partial charge in [-0.15, -0.1) is 0 Å². The molecule has 0 saturated carbocycles. The molecular formula is C53H33N3O2S. The molecule has 12 rings (SSSR count). The van der Waals surface area contributed by atoms with Crippen molar-refractivity contribution in [3.8, 4) is 78.7 Å². The molecule has 0 N–H and O–H groups in total. The van der Waals surface area contributed by atoms with Gasteiger partial charge in [-0.25, -0.2) is 23.4 Å². The Balaban J connectivity index is 1.22. The van der Waals surface area contributed by atoms with Crippen molar-refractivity contribution in [2.45, 2.75) is 22.1 Å². The Bertz CT molecular complexity index is 3770. The summed E-state index contributed by atoms with van der Waals surface area (Å²) >= 11 is 0. The lowest BCUT2D eigenvalue weighted by atomic mass is 9.65. The minimum Gasteiger partial charge on any atom is -0.218 e. The van der Waals surface area contributed by atoms with Gasteiger partial charge in [0, 0.05) is 27.8 Å². The lowest BCUT2D eigenvalue weighted by Crippen LogP contribution is -2.29. The molecule has 5 nitrogen and oxygen atoms in total. The van der Waals surface area contributed by atoms with E-state index in [1.807, 2.05) is 78.9 Å². The van der Waals surface area contributed by atoms with E-state index in [4.69, 9.17) is 22.3 Å². The highest BCUT2D eigenvalue weighted by atomic mass is 32.2. The van der Waals surface area contributed by atoms with Crippen LogP contribution >= 0.6 is 0 Å². The van der Waals surface area contributed by atoms with Crippen molar-refractivity contribution in [3.05, 3.63) is 210 Å². The number of hydrogen-bond donors (Lipinski definition) is 0. The van der Waals surface area contributed by atoms with Crippen LogP contribution in [-0.4, -0.2) is 23.4 Å². The van der Waals surface area contributed by atoms with E-state index in [0.717, 1.165) is 55.6 Å². The van der Waals surface area contributed by atoms with Crippen LogP contribution in [0.15, 0.2) is 192 Å². The second-order valence-corrected chi connectivity index (χ2v) is 16.7. The molecule has 8 aromatic carbocycles. The highest BCUT2D eigenvalue weighted by Crippen LogP contribution is 2.63. The van der Waals surface area contributed by atoms with Crippen LogP contribution in [0.5, 0.6) is 0 Å². The van der Waals surface area contributed by atoms with Crippen molar-refractivity contribution < 1.29 is 20.8 Å². The third kappa shape index (κ3) is 4.72. The van der Waals surface area contributed by atoms with Crippen LogP contribution in [0.4, 0.5) is 0 Å². The van der Waals surface area contributed by atoms with E-state index in [2.05, 4.69) is 41.4 Å². The first-order valence-corrected chi connectivity index (χ1v) is 20.5. The predicted molar refractivity (Wildman–Crippen MR) is 233 cm³/mol. The smallest absolute Gasteiger partial charge is 0.207 e. The second kappa shape index (κ2) is 12.4. The summed E-state index contributed by atoms with van der Waals surface area (Å²) in [4.78, 5) is 14.7. The van der Waals surface area contributed by atoms with E-state index in [0.29, 0.717) is 16.7 Å². The maximum absolute atomic E-state index is 14.6. The van der Waals surface area contributed by atoms with Gasteiger partial charge >= 0.3 is 0 Å². The van der Waals surface area contributed by atoms with Crippen LogP contribution in [-0.2, 0) is 15.3 Å². The van der Waals surface area contributed by atoms with E-state index in [1.54, 1.807) is 12.1 Å². The molecule has 6 heteroatoms. The van der Waals surface area contributed by atoms with Gasteiger partial charge in [-0.2, -0.15) is 0 Å². The molecule has 0 bridgehead atoms. The Hall–Kier alpha value is -7.28. The van der Waals surface area contributed by atoms with Gasteiger partial charge in [-0.3, -0.25) is 0 Å². The molecule has 0 amide bonds. The van der Waals surface area contributed by atoms with E-state index < -0.39 is 57.5 Å². The van der Waals surface area contributed by atoms with Crippen LogP contribution < -0.4 is 0 Å². The molecular weight excluding hydrogens is 743 g/mol. The summed E-state index contributed by atoms with van der Waals surface area (Å²) < 4.78 is 107. The van der Waals surface area contributed by atoms with Gasteiger partial charge in [-0.1, -0.05) is 157 Å². The summed E-state index contributed by atoms with van der Waals surface area (Å²) in [5.74, 6) is -0.616. The largest absolute Gasteiger partial charge is 0.218 e. The van der Waals surface area contributed by atoms with Gasteiger partial charge in [0.2, 0.25) is 9.84 Å². The summed E-state index contributed by atoms with van der Waals surface area (Å²) in [6.45, 7) is 1.49. The average Bonchev–Trinajstić information content (AvgIpc) is 3.73. The standard InChI is InChI=1S/C53H33N3O2S/c1-32-14-13-17-34(28-32)51-54-50(33-15-3-2-4-16-33)55-52(56-51)35-26-27-40-37-19-6-5-18-36(37)38-20-7-10-23-44(38)53(46(40)29-35)45-24-11-8-21-39(45)42-30-43-41-22-9-12-25-48(41)59(57,58)49(43)31-47(42)53/h2-31H,1H3/i2D,3D,4D,13D,14D,15D,16D,17D,28D. The quantitative estimate of drug-likeness (QED) is 0.178. The second-order valence-electron chi connectivity index (χ2n) is 14.8. The highest BCUT2D eigenvalue weighted by Gasteiger charge is 2.51. The third-order valence-corrected chi connectivity index (χ3v) is 13.6. The Morgan fingerprint density at radius 3 is 1.69 bits per heavy atom. The lowest BCUT2D eigenvalue weighted by molar-refractivity contribution is 0.598. The molecule has 3 aliphatic rings. The molecule has 0 saturated heterocycles. The Labute approximate surface area is 355 Å². The first-order valence-electron chi connectivity index (χ1n) is 23.5. The number of hydrogen-bond acceptors (Lipinski definition) is 5. The average molecular weight is 785 g/mol. The van der Waals surface area contributed by atoms with E-state index in [-0.39, 0.29) is 56.0 Å². The Morgan fingerprint density at radius 1 is 0.441 bits per heavy atom. The molecule has 2 aliphatic carbocycles. The fourth-order valence-corrected chi connectivity index (χ4v) is 11.1. The predicted octanol–water partition coefficient (Wildman–Crippen LogP) is 12.0. The summed E-state index contributed by atoms with van der Waals surface area (Å²) in [7, 11) is -3.94. The van der Waals surface area contributed by atoms with Gasteiger partial charge in [0.05, 0.1) is 27.5 Å². The number of benzene rings is 8. The summed E-state index contributed by atoms with van der Waals surface area (Å²) in [5.41, 5.74) is 8.76. The number of fused-ring (bicyclic) bond motifs is 15. The van der Waals surface area contributed by atoms with Crippen LogP contribution in [0.3, 0.4) is 0 Å². The fourth-order valence-electron chi connectivity index (χ4n) is 9.37. The van der Waals surface area contributed by atoms with Crippen LogP contribution in [0.1, 0.15) is 40.2 Å². The zero-order valence-corrected chi connectivity index (χ0v) is 32.0. The number of nitrogens with zero attached hydrogens (tertiary/aromatic N) is 3. The molecule has 2 heterocycles. The SMILES string of the molecule is [2H]c1c([2H])c([2H])c(-c2nc(-c3ccc4c(c3)C3(c5ccccc5-c5ccccc5-4)c4ccccc4-c4cc5c(cc43)S(=O)(=O)c3ccccc3-5)nc(-c3c([2H])c([2H])c([2H])c(C)c3[2H])n2)c([2H])c1[2H]. The highest BCUT2D eigenvalue weighted by molar-refractivity contribution is 7.92. The van der Waals surface area contributed by atoms with Crippen LogP contribution in [0, 0.1) is 6.92 Å². The van der Waals surface area contributed by atoms with Crippen molar-refractivity contribution >= 4 is 9.84 Å². The monoisotopic (exact) mass is 784 g/mol. The first kappa shape index (κ1) is 25.9. The fraction of sp³-hybridized carbons (Fsp3) is 0.0377. The molecule has 59 heavy (non-hydrogen) atoms. The van der Waals surface area contributed by atoms with Crippen molar-refractivity contribution in [1.82, 2.24) is 15.0 Å².